The summed E-state index contributed by atoms with van der Waals surface area (Å²) in [7, 11) is 0. The quantitative estimate of drug-likeness (QED) is 0.829. The maximum absolute atomic E-state index is 10.2. The van der Waals surface area contributed by atoms with Gasteiger partial charge in [-0.05, 0) is 26.0 Å². The van der Waals surface area contributed by atoms with Gasteiger partial charge in [0, 0.05) is 30.4 Å². The predicted octanol–water partition coefficient (Wildman–Crippen LogP) is 1.95. The highest BCUT2D eigenvalue weighted by Gasteiger charge is 2.16. The topological polar surface area (TPSA) is 67.3 Å². The summed E-state index contributed by atoms with van der Waals surface area (Å²) in [6, 6.07) is 3.70. The molecule has 2 aromatic rings. The number of aromatic nitrogens is 2. The number of phenolic OH excluding ortho intramolecular Hbond substituents is 1. The molecule has 2 heterocycles. The van der Waals surface area contributed by atoms with Gasteiger partial charge in [-0.25, -0.2) is 4.98 Å². The summed E-state index contributed by atoms with van der Waals surface area (Å²) in [6.07, 6.45) is 1.74. The third-order valence-electron chi connectivity index (χ3n) is 3.34. The van der Waals surface area contributed by atoms with Crippen LogP contribution < -0.4 is 10.1 Å². The van der Waals surface area contributed by atoms with Crippen LogP contribution in [0.3, 0.4) is 0 Å². The molecule has 5 heteroatoms. The van der Waals surface area contributed by atoms with Gasteiger partial charge in [-0.2, -0.15) is 0 Å². The standard InChI is InChI=1S/C15H17N3O2/c1-9-7-17-10(2)14(18-9)11-5-12-8-16-3-4-20-15(12)13(19)6-11/h5-7,16,19H,3-4,8H2,1-2H3. The number of nitrogens with zero attached hydrogens (tertiary/aromatic N) is 2. The first kappa shape index (κ1) is 12.9. The molecule has 20 heavy (non-hydrogen) atoms. The molecule has 1 aliphatic rings. The second-order valence-electron chi connectivity index (χ2n) is 4.95. The number of aryl methyl sites for hydroxylation is 2. The van der Waals surface area contributed by atoms with Crippen molar-refractivity contribution < 1.29 is 9.84 Å². The Kier molecular flexibility index (Phi) is 3.28. The largest absolute Gasteiger partial charge is 0.504 e. The SMILES string of the molecule is Cc1cnc(C)c(-c2cc(O)c3c(c2)CNCCO3)n1. The molecule has 0 saturated heterocycles. The minimum absolute atomic E-state index is 0.156. The molecule has 0 aliphatic carbocycles. The monoisotopic (exact) mass is 271 g/mol. The molecule has 0 unspecified atom stereocenters. The highest BCUT2D eigenvalue weighted by molar-refractivity contribution is 5.67. The lowest BCUT2D eigenvalue weighted by Crippen LogP contribution is -2.16. The summed E-state index contributed by atoms with van der Waals surface area (Å²) in [5.41, 5.74) is 4.31. The van der Waals surface area contributed by atoms with Crippen molar-refractivity contribution >= 4 is 0 Å². The Morgan fingerprint density at radius 2 is 2.15 bits per heavy atom. The molecule has 1 aromatic heterocycles. The van der Waals surface area contributed by atoms with Gasteiger partial charge in [0.2, 0.25) is 0 Å². The molecule has 1 aromatic carbocycles. The average Bonchev–Trinajstić information content (AvgIpc) is 2.67. The average molecular weight is 271 g/mol. The van der Waals surface area contributed by atoms with Crippen molar-refractivity contribution in [2.45, 2.75) is 20.4 Å². The summed E-state index contributed by atoms with van der Waals surface area (Å²) >= 11 is 0. The van der Waals surface area contributed by atoms with Gasteiger partial charge >= 0.3 is 0 Å². The number of rotatable bonds is 1. The fourth-order valence-electron chi connectivity index (χ4n) is 2.37. The van der Waals surface area contributed by atoms with Crippen LogP contribution in [0.25, 0.3) is 11.3 Å². The van der Waals surface area contributed by atoms with Crippen molar-refractivity contribution in [2.24, 2.45) is 0 Å². The number of nitrogens with one attached hydrogen (secondary N) is 1. The van der Waals surface area contributed by atoms with E-state index in [9.17, 15) is 5.11 Å². The molecule has 0 bridgehead atoms. The van der Waals surface area contributed by atoms with Crippen molar-refractivity contribution in [1.82, 2.24) is 15.3 Å². The number of hydrogen-bond acceptors (Lipinski definition) is 5. The highest BCUT2D eigenvalue weighted by atomic mass is 16.5. The van der Waals surface area contributed by atoms with E-state index in [-0.39, 0.29) is 5.75 Å². The van der Waals surface area contributed by atoms with Crippen LogP contribution in [0.1, 0.15) is 17.0 Å². The van der Waals surface area contributed by atoms with Gasteiger partial charge < -0.3 is 15.2 Å². The lowest BCUT2D eigenvalue weighted by molar-refractivity contribution is 0.307. The van der Waals surface area contributed by atoms with Crippen LogP contribution in [0.15, 0.2) is 18.3 Å². The third kappa shape index (κ3) is 2.32. The second kappa shape index (κ2) is 5.09. The van der Waals surface area contributed by atoms with Crippen molar-refractivity contribution in [2.75, 3.05) is 13.2 Å². The van der Waals surface area contributed by atoms with E-state index in [1.165, 1.54) is 0 Å². The van der Waals surface area contributed by atoms with Gasteiger partial charge in [-0.3, -0.25) is 4.98 Å². The number of ether oxygens (including phenoxy) is 1. The number of hydrogen-bond donors (Lipinski definition) is 2. The van der Waals surface area contributed by atoms with Crippen LogP contribution in [0.2, 0.25) is 0 Å². The minimum atomic E-state index is 0.156. The van der Waals surface area contributed by atoms with Gasteiger partial charge in [0.1, 0.15) is 6.61 Å². The molecular formula is C15H17N3O2. The number of phenols is 1. The van der Waals surface area contributed by atoms with Crippen molar-refractivity contribution in [3.63, 3.8) is 0 Å². The molecular weight excluding hydrogens is 254 g/mol. The molecule has 104 valence electrons. The minimum Gasteiger partial charge on any atom is -0.504 e. The van der Waals surface area contributed by atoms with Gasteiger partial charge in [0.05, 0.1) is 17.1 Å². The van der Waals surface area contributed by atoms with Crippen LogP contribution in [-0.2, 0) is 6.54 Å². The highest BCUT2D eigenvalue weighted by Crippen LogP contribution is 2.36. The fraction of sp³-hybridized carbons (Fsp3) is 0.333. The summed E-state index contributed by atoms with van der Waals surface area (Å²) < 4.78 is 5.58. The van der Waals surface area contributed by atoms with Crippen molar-refractivity contribution in [1.29, 1.82) is 0 Å². The van der Waals surface area contributed by atoms with E-state index in [0.29, 0.717) is 18.9 Å². The zero-order valence-corrected chi connectivity index (χ0v) is 11.6. The van der Waals surface area contributed by atoms with E-state index in [4.69, 9.17) is 4.74 Å². The molecule has 0 atom stereocenters. The maximum atomic E-state index is 10.2. The summed E-state index contributed by atoms with van der Waals surface area (Å²) in [5, 5.41) is 13.4. The van der Waals surface area contributed by atoms with E-state index < -0.39 is 0 Å². The Labute approximate surface area is 117 Å². The molecule has 2 N–H and O–H groups in total. The zero-order valence-electron chi connectivity index (χ0n) is 11.6. The molecule has 0 saturated carbocycles. The maximum Gasteiger partial charge on any atom is 0.165 e. The van der Waals surface area contributed by atoms with Crippen LogP contribution in [0.5, 0.6) is 11.5 Å². The fourth-order valence-corrected chi connectivity index (χ4v) is 2.37. The molecule has 3 rings (SSSR count). The van der Waals surface area contributed by atoms with E-state index in [1.54, 1.807) is 12.3 Å². The Morgan fingerprint density at radius 1 is 1.30 bits per heavy atom. The van der Waals surface area contributed by atoms with E-state index in [1.807, 2.05) is 19.9 Å². The van der Waals surface area contributed by atoms with Crippen LogP contribution in [0.4, 0.5) is 0 Å². The Balaban J connectivity index is 2.13. The van der Waals surface area contributed by atoms with E-state index in [2.05, 4.69) is 15.3 Å². The Morgan fingerprint density at radius 3 is 3.00 bits per heavy atom. The van der Waals surface area contributed by atoms with Gasteiger partial charge in [0.15, 0.2) is 11.5 Å². The van der Waals surface area contributed by atoms with Crippen molar-refractivity contribution in [3.05, 3.63) is 35.3 Å². The zero-order chi connectivity index (χ0) is 14.1. The van der Waals surface area contributed by atoms with Crippen LogP contribution >= 0.6 is 0 Å². The number of benzene rings is 1. The summed E-state index contributed by atoms with van der Waals surface area (Å²) in [4.78, 5) is 8.85. The Hall–Kier alpha value is -2.14. The first-order valence-corrected chi connectivity index (χ1v) is 6.65. The first-order chi connectivity index (χ1) is 9.65. The lowest BCUT2D eigenvalue weighted by atomic mass is 10.0. The van der Waals surface area contributed by atoms with E-state index in [0.717, 1.165) is 34.8 Å². The van der Waals surface area contributed by atoms with Crippen molar-refractivity contribution in [3.8, 4) is 22.8 Å². The summed E-state index contributed by atoms with van der Waals surface area (Å²) in [6.45, 7) is 5.83. The smallest absolute Gasteiger partial charge is 0.165 e. The molecule has 0 amide bonds. The third-order valence-corrected chi connectivity index (χ3v) is 3.34. The Bertz CT molecular complexity index is 656. The molecule has 0 spiro atoms. The molecule has 1 aliphatic heterocycles. The first-order valence-electron chi connectivity index (χ1n) is 6.65. The number of aromatic hydroxyl groups is 1. The normalized spacial score (nSPS) is 14.3. The summed E-state index contributed by atoms with van der Waals surface area (Å²) in [5.74, 6) is 0.723. The number of fused-ring (bicyclic) bond motifs is 1. The molecule has 0 fully saturated rings. The van der Waals surface area contributed by atoms with Gasteiger partial charge in [0.25, 0.3) is 0 Å². The van der Waals surface area contributed by atoms with Crippen LogP contribution in [-0.4, -0.2) is 28.2 Å². The molecule has 5 nitrogen and oxygen atoms in total. The molecule has 0 radical (unpaired) electrons. The second-order valence-corrected chi connectivity index (χ2v) is 4.95. The van der Waals surface area contributed by atoms with Gasteiger partial charge in [-0.1, -0.05) is 0 Å². The predicted molar refractivity (Wildman–Crippen MR) is 75.8 cm³/mol. The van der Waals surface area contributed by atoms with E-state index >= 15 is 0 Å². The lowest BCUT2D eigenvalue weighted by Gasteiger charge is -2.12. The van der Waals surface area contributed by atoms with Gasteiger partial charge in [-0.15, -0.1) is 0 Å². The van der Waals surface area contributed by atoms with Crippen LogP contribution in [0, 0.1) is 13.8 Å².